The van der Waals surface area contributed by atoms with Crippen LogP contribution in [0.15, 0.2) is 12.7 Å². The number of carbonyl (C=O) groups excluding carboxylic acids is 1. The molecule has 0 spiro atoms. The molecule has 3 nitrogen and oxygen atoms in total. The molecule has 1 fully saturated rings. The van der Waals surface area contributed by atoms with Crippen LogP contribution in [0.4, 0.5) is 0 Å². The molecule has 0 unspecified atom stereocenters. The zero-order valence-corrected chi connectivity index (χ0v) is 6.67. The van der Waals surface area contributed by atoms with Gasteiger partial charge in [0.15, 0.2) is 0 Å². The highest BCUT2D eigenvalue weighted by Crippen LogP contribution is 2.39. The molecule has 2 atom stereocenters. The van der Waals surface area contributed by atoms with Crippen molar-refractivity contribution in [3.63, 3.8) is 0 Å². The van der Waals surface area contributed by atoms with E-state index in [0.717, 1.165) is 6.42 Å². The first-order valence-corrected chi connectivity index (χ1v) is 3.85. The number of allylic oxidation sites excluding steroid dienone is 1. The van der Waals surface area contributed by atoms with Gasteiger partial charge in [-0.3, -0.25) is 4.79 Å². The smallest absolute Gasteiger partial charge is 0.328 e. The van der Waals surface area contributed by atoms with Crippen LogP contribution in [0.1, 0.15) is 13.3 Å². The Bertz CT molecular complexity index is 167. The van der Waals surface area contributed by atoms with Crippen LogP contribution < -0.4 is 5.48 Å². The van der Waals surface area contributed by atoms with Crippen LogP contribution in [0.5, 0.6) is 0 Å². The zero-order valence-electron chi connectivity index (χ0n) is 6.67. The van der Waals surface area contributed by atoms with Gasteiger partial charge in [0, 0.05) is 6.54 Å². The predicted molar refractivity (Wildman–Crippen MR) is 41.6 cm³/mol. The van der Waals surface area contributed by atoms with Crippen molar-refractivity contribution in [2.75, 3.05) is 6.54 Å². The normalized spacial score (nSPS) is 27.7. The first-order chi connectivity index (χ1) is 5.29. The molecule has 0 saturated heterocycles. The molecule has 0 aromatic carbocycles. The number of hydrogen-bond acceptors (Lipinski definition) is 3. The monoisotopic (exact) mass is 155 g/mol. The minimum atomic E-state index is -0.156. The summed E-state index contributed by atoms with van der Waals surface area (Å²) in [6.07, 6.45) is 2.70. The van der Waals surface area contributed by atoms with Gasteiger partial charge in [-0.1, -0.05) is 6.08 Å². The van der Waals surface area contributed by atoms with Crippen LogP contribution >= 0.6 is 0 Å². The van der Waals surface area contributed by atoms with Gasteiger partial charge >= 0.3 is 5.97 Å². The molecular weight excluding hydrogens is 142 g/mol. The van der Waals surface area contributed by atoms with Gasteiger partial charge in [-0.2, -0.15) is 5.48 Å². The lowest BCUT2D eigenvalue weighted by Crippen LogP contribution is -2.20. The average molecular weight is 155 g/mol. The van der Waals surface area contributed by atoms with E-state index in [9.17, 15) is 4.79 Å². The molecule has 1 aliphatic rings. The summed E-state index contributed by atoms with van der Waals surface area (Å²) in [7, 11) is 0. The van der Waals surface area contributed by atoms with Gasteiger partial charge in [0.25, 0.3) is 0 Å². The summed E-state index contributed by atoms with van der Waals surface area (Å²) >= 11 is 0. The second-order valence-electron chi connectivity index (χ2n) is 2.66. The van der Waals surface area contributed by atoms with Crippen LogP contribution in [-0.2, 0) is 9.63 Å². The maximum Gasteiger partial charge on any atom is 0.328 e. The number of hydroxylamine groups is 1. The van der Waals surface area contributed by atoms with Crippen LogP contribution in [0, 0.1) is 11.8 Å². The number of rotatable bonds is 4. The molecule has 0 amide bonds. The Labute approximate surface area is 66.4 Å². The molecule has 0 radical (unpaired) electrons. The molecule has 1 saturated carbocycles. The van der Waals surface area contributed by atoms with Gasteiger partial charge in [0.05, 0.1) is 5.92 Å². The summed E-state index contributed by atoms with van der Waals surface area (Å²) in [4.78, 5) is 15.7. The van der Waals surface area contributed by atoms with Crippen molar-refractivity contribution in [1.29, 1.82) is 0 Å². The molecule has 0 bridgehead atoms. The summed E-state index contributed by atoms with van der Waals surface area (Å²) in [5.74, 6) is 0.254. The van der Waals surface area contributed by atoms with E-state index in [0.29, 0.717) is 12.5 Å². The second-order valence-corrected chi connectivity index (χ2v) is 2.66. The average Bonchev–Trinajstić information content (AvgIpc) is 2.78. The molecule has 0 aliphatic heterocycles. The lowest BCUT2D eigenvalue weighted by Gasteiger charge is -2.00. The lowest BCUT2D eigenvalue weighted by molar-refractivity contribution is -0.152. The molecule has 3 heteroatoms. The van der Waals surface area contributed by atoms with Gasteiger partial charge < -0.3 is 4.84 Å². The molecule has 1 aliphatic carbocycles. The van der Waals surface area contributed by atoms with Crippen molar-refractivity contribution in [1.82, 2.24) is 5.48 Å². The van der Waals surface area contributed by atoms with E-state index >= 15 is 0 Å². The predicted octanol–water partition coefficient (Wildman–Crippen LogP) is 0.876. The Balaban J connectivity index is 2.17. The van der Waals surface area contributed by atoms with Crippen molar-refractivity contribution in [3.8, 4) is 0 Å². The second kappa shape index (κ2) is 3.53. The van der Waals surface area contributed by atoms with Crippen molar-refractivity contribution in [3.05, 3.63) is 12.7 Å². The molecular formula is C8H13NO2. The minimum Gasteiger partial charge on any atom is -0.370 e. The molecule has 0 aromatic heterocycles. The van der Waals surface area contributed by atoms with Crippen molar-refractivity contribution in [2.45, 2.75) is 13.3 Å². The highest BCUT2D eigenvalue weighted by molar-refractivity contribution is 5.75. The van der Waals surface area contributed by atoms with Gasteiger partial charge in [-0.15, -0.1) is 6.58 Å². The van der Waals surface area contributed by atoms with E-state index < -0.39 is 0 Å². The summed E-state index contributed by atoms with van der Waals surface area (Å²) in [5.41, 5.74) is 2.53. The molecule has 1 N–H and O–H groups in total. The third kappa shape index (κ3) is 2.05. The molecule has 62 valence electrons. The van der Waals surface area contributed by atoms with Gasteiger partial charge in [-0.25, -0.2) is 0 Å². The maximum absolute atomic E-state index is 11.0. The van der Waals surface area contributed by atoms with Gasteiger partial charge in [0.1, 0.15) is 0 Å². The first kappa shape index (κ1) is 8.27. The largest absolute Gasteiger partial charge is 0.370 e. The number of hydrogen-bond donors (Lipinski definition) is 1. The molecule has 0 heterocycles. The Kier molecular flexibility index (Phi) is 2.65. The fraction of sp³-hybridized carbons (Fsp3) is 0.625. The van der Waals surface area contributed by atoms with Crippen LogP contribution in [0.3, 0.4) is 0 Å². The Morgan fingerprint density at radius 3 is 3.09 bits per heavy atom. The van der Waals surface area contributed by atoms with E-state index in [1.54, 1.807) is 6.08 Å². The standard InChI is InChI=1S/C8H13NO2/c1-3-6-5-7(6)8(10)11-9-4-2/h3,6-7,9H,1,4-5H2,2H3/t6-,7-/m0/s1. The Morgan fingerprint density at radius 1 is 1.91 bits per heavy atom. The topological polar surface area (TPSA) is 38.3 Å². The van der Waals surface area contributed by atoms with E-state index in [1.165, 1.54) is 0 Å². The van der Waals surface area contributed by atoms with E-state index in [-0.39, 0.29) is 11.9 Å². The summed E-state index contributed by atoms with van der Waals surface area (Å²) in [6, 6.07) is 0. The minimum absolute atomic E-state index is 0.0616. The van der Waals surface area contributed by atoms with Gasteiger partial charge in [0.2, 0.25) is 0 Å². The quantitative estimate of drug-likeness (QED) is 0.483. The van der Waals surface area contributed by atoms with Crippen LogP contribution in [0.25, 0.3) is 0 Å². The van der Waals surface area contributed by atoms with Crippen LogP contribution in [-0.4, -0.2) is 12.5 Å². The highest BCUT2D eigenvalue weighted by Gasteiger charge is 2.42. The molecule has 11 heavy (non-hydrogen) atoms. The van der Waals surface area contributed by atoms with E-state index in [2.05, 4.69) is 12.1 Å². The number of carbonyl (C=O) groups is 1. The Morgan fingerprint density at radius 2 is 2.64 bits per heavy atom. The Hall–Kier alpha value is -0.830. The zero-order chi connectivity index (χ0) is 8.27. The van der Waals surface area contributed by atoms with Crippen molar-refractivity contribution in [2.24, 2.45) is 11.8 Å². The highest BCUT2D eigenvalue weighted by atomic mass is 16.7. The van der Waals surface area contributed by atoms with Crippen molar-refractivity contribution >= 4 is 5.97 Å². The van der Waals surface area contributed by atoms with Crippen LogP contribution in [0.2, 0.25) is 0 Å². The third-order valence-corrected chi connectivity index (χ3v) is 1.76. The number of nitrogens with one attached hydrogen (secondary N) is 1. The summed E-state index contributed by atoms with van der Waals surface area (Å²) in [6.45, 7) is 6.14. The van der Waals surface area contributed by atoms with E-state index in [4.69, 9.17) is 4.84 Å². The summed E-state index contributed by atoms with van der Waals surface area (Å²) in [5, 5.41) is 0. The fourth-order valence-electron chi connectivity index (χ4n) is 0.965. The fourth-order valence-corrected chi connectivity index (χ4v) is 0.965. The lowest BCUT2D eigenvalue weighted by atomic mass is 10.3. The van der Waals surface area contributed by atoms with Crippen molar-refractivity contribution < 1.29 is 9.63 Å². The maximum atomic E-state index is 11.0. The molecule has 0 aromatic rings. The first-order valence-electron chi connectivity index (χ1n) is 3.85. The molecule has 1 rings (SSSR count). The SMILES string of the molecule is C=C[C@H]1C[C@@H]1C(=O)ONCC. The summed E-state index contributed by atoms with van der Waals surface area (Å²) < 4.78 is 0. The van der Waals surface area contributed by atoms with E-state index in [1.807, 2.05) is 6.92 Å². The van der Waals surface area contributed by atoms with Gasteiger partial charge in [-0.05, 0) is 19.3 Å². The third-order valence-electron chi connectivity index (χ3n) is 1.76.